The molecule has 21 heavy (non-hydrogen) atoms. The first kappa shape index (κ1) is 18.0. The van der Waals surface area contributed by atoms with Crippen molar-refractivity contribution in [3.05, 3.63) is 30.0 Å². The molecule has 0 radical (unpaired) electrons. The maximum absolute atomic E-state index is 12.5. The number of rotatable bonds is 6. The number of sulfonamides is 1. The zero-order valence-corrected chi connectivity index (χ0v) is 14.1. The highest BCUT2D eigenvalue weighted by molar-refractivity contribution is 7.89. The Morgan fingerprint density at radius 1 is 1.19 bits per heavy atom. The van der Waals surface area contributed by atoms with Crippen LogP contribution in [0, 0.1) is 6.92 Å². The van der Waals surface area contributed by atoms with Gasteiger partial charge in [0.25, 0.3) is 0 Å². The van der Waals surface area contributed by atoms with E-state index < -0.39 is 10.0 Å². The Hall–Kier alpha value is -1.08. The van der Waals surface area contributed by atoms with Crippen molar-refractivity contribution >= 4 is 33.3 Å². The molecule has 0 aliphatic rings. The minimum atomic E-state index is -3.49. The van der Waals surface area contributed by atoms with Crippen LogP contribution in [0.2, 0.25) is 0 Å². The number of nitrogens with zero attached hydrogens (tertiary/aromatic N) is 1. The summed E-state index contributed by atoms with van der Waals surface area (Å²) in [5.41, 5.74) is 1.68. The Morgan fingerprint density at radius 2 is 1.86 bits per heavy atom. The van der Waals surface area contributed by atoms with Crippen molar-refractivity contribution in [2.75, 3.05) is 19.6 Å². The number of aromatic nitrogens is 1. The van der Waals surface area contributed by atoms with Crippen molar-refractivity contribution in [3.63, 3.8) is 0 Å². The van der Waals surface area contributed by atoms with E-state index in [9.17, 15) is 8.42 Å². The van der Waals surface area contributed by atoms with E-state index in [0.717, 1.165) is 23.1 Å². The van der Waals surface area contributed by atoms with Gasteiger partial charge in [0.1, 0.15) is 4.90 Å². The Balaban J connectivity index is 0.00000220. The van der Waals surface area contributed by atoms with Gasteiger partial charge in [-0.15, -0.1) is 12.4 Å². The molecule has 0 bridgehead atoms. The highest BCUT2D eigenvalue weighted by Crippen LogP contribution is 2.28. The molecule has 1 heterocycles. The van der Waals surface area contributed by atoms with Crippen LogP contribution in [0.1, 0.15) is 12.6 Å². The molecule has 0 atom stereocenters. The van der Waals surface area contributed by atoms with Crippen LogP contribution in [0.4, 0.5) is 0 Å². The van der Waals surface area contributed by atoms with E-state index >= 15 is 0 Å². The molecule has 2 rings (SSSR count). The lowest BCUT2D eigenvalue weighted by molar-refractivity contribution is 0.577. The van der Waals surface area contributed by atoms with Gasteiger partial charge in [-0.25, -0.2) is 13.1 Å². The Labute approximate surface area is 132 Å². The van der Waals surface area contributed by atoms with E-state index in [1.807, 2.05) is 49.7 Å². The smallest absolute Gasteiger partial charge is 0.243 e. The van der Waals surface area contributed by atoms with E-state index in [4.69, 9.17) is 0 Å². The van der Waals surface area contributed by atoms with Gasteiger partial charge < -0.3 is 9.88 Å². The summed E-state index contributed by atoms with van der Waals surface area (Å²) in [7, 11) is -1.60. The van der Waals surface area contributed by atoms with Crippen molar-refractivity contribution in [1.82, 2.24) is 14.6 Å². The van der Waals surface area contributed by atoms with Crippen molar-refractivity contribution in [2.45, 2.75) is 18.7 Å². The maximum atomic E-state index is 12.5. The monoisotopic (exact) mass is 331 g/mol. The van der Waals surface area contributed by atoms with E-state index in [1.54, 1.807) is 0 Å². The minimum absolute atomic E-state index is 0. The normalized spacial score (nSPS) is 11.6. The van der Waals surface area contributed by atoms with E-state index in [1.165, 1.54) is 0 Å². The van der Waals surface area contributed by atoms with Gasteiger partial charge in [0.05, 0.1) is 0 Å². The average molecular weight is 332 g/mol. The summed E-state index contributed by atoms with van der Waals surface area (Å²) in [6, 6.07) is 7.55. The summed E-state index contributed by atoms with van der Waals surface area (Å²) >= 11 is 0. The summed E-state index contributed by atoms with van der Waals surface area (Å²) in [5, 5.41) is 3.86. The molecular formula is C14H22ClN3O2S. The van der Waals surface area contributed by atoms with E-state index in [-0.39, 0.29) is 12.4 Å². The van der Waals surface area contributed by atoms with E-state index in [2.05, 4.69) is 10.0 Å². The number of nitrogens with one attached hydrogen (secondary N) is 2. The second kappa shape index (κ2) is 7.26. The summed E-state index contributed by atoms with van der Waals surface area (Å²) in [4.78, 5) is 0.382. The number of hydrogen-bond acceptors (Lipinski definition) is 3. The van der Waals surface area contributed by atoms with Crippen molar-refractivity contribution in [3.8, 4) is 0 Å². The van der Waals surface area contributed by atoms with Gasteiger partial charge in [-0.2, -0.15) is 0 Å². The van der Waals surface area contributed by atoms with Crippen LogP contribution in [0.3, 0.4) is 0 Å². The number of para-hydroxylation sites is 1. The Morgan fingerprint density at radius 3 is 2.52 bits per heavy atom. The number of aryl methyl sites for hydroxylation is 1. The summed E-state index contributed by atoms with van der Waals surface area (Å²) < 4.78 is 29.5. The van der Waals surface area contributed by atoms with Gasteiger partial charge in [-0.1, -0.05) is 25.1 Å². The van der Waals surface area contributed by atoms with Crippen LogP contribution in [0.15, 0.2) is 29.2 Å². The highest BCUT2D eigenvalue weighted by atomic mass is 35.5. The first-order chi connectivity index (χ1) is 9.49. The fourth-order valence-corrected chi connectivity index (χ4v) is 3.85. The summed E-state index contributed by atoms with van der Waals surface area (Å²) in [5.74, 6) is 0. The molecule has 0 unspecified atom stereocenters. The third-order valence-corrected chi connectivity index (χ3v) is 5.09. The van der Waals surface area contributed by atoms with Crippen LogP contribution < -0.4 is 10.0 Å². The second-order valence-electron chi connectivity index (χ2n) is 4.74. The Bertz CT molecular complexity index is 710. The van der Waals surface area contributed by atoms with Gasteiger partial charge in [0.15, 0.2) is 0 Å². The molecule has 5 nitrogen and oxygen atoms in total. The summed E-state index contributed by atoms with van der Waals surface area (Å²) in [6.07, 6.45) is 0. The molecule has 0 saturated carbocycles. The van der Waals surface area contributed by atoms with E-state index in [0.29, 0.717) is 18.0 Å². The van der Waals surface area contributed by atoms with Crippen LogP contribution in [0.25, 0.3) is 10.9 Å². The molecule has 2 aromatic rings. The number of halogens is 1. The molecule has 1 aromatic carbocycles. The SMILES string of the molecule is CCNCCNS(=O)(=O)c1c(C)n(C)c2ccccc12.Cl. The van der Waals surface area contributed by atoms with Crippen LogP contribution >= 0.6 is 12.4 Å². The zero-order chi connectivity index (χ0) is 14.8. The molecule has 0 aliphatic carbocycles. The van der Waals surface area contributed by atoms with Gasteiger partial charge in [-0.05, 0) is 19.5 Å². The number of likely N-dealkylation sites (N-methyl/N-ethyl adjacent to an activating group) is 1. The fourth-order valence-electron chi connectivity index (χ4n) is 2.35. The van der Waals surface area contributed by atoms with Crippen molar-refractivity contribution < 1.29 is 8.42 Å². The first-order valence-electron chi connectivity index (χ1n) is 6.73. The van der Waals surface area contributed by atoms with Crippen LogP contribution in [0.5, 0.6) is 0 Å². The molecule has 0 spiro atoms. The van der Waals surface area contributed by atoms with Gasteiger partial charge in [0, 0.05) is 36.7 Å². The first-order valence-corrected chi connectivity index (χ1v) is 8.21. The molecule has 118 valence electrons. The summed E-state index contributed by atoms with van der Waals surface area (Å²) in [6.45, 7) is 5.66. The largest absolute Gasteiger partial charge is 0.347 e. The lowest BCUT2D eigenvalue weighted by atomic mass is 10.2. The molecule has 0 amide bonds. The zero-order valence-electron chi connectivity index (χ0n) is 12.5. The third-order valence-electron chi connectivity index (χ3n) is 3.45. The molecule has 1 aromatic heterocycles. The number of benzene rings is 1. The van der Waals surface area contributed by atoms with Crippen LogP contribution in [-0.2, 0) is 17.1 Å². The van der Waals surface area contributed by atoms with Gasteiger partial charge in [0.2, 0.25) is 10.0 Å². The predicted octanol–water partition coefficient (Wildman–Crippen LogP) is 1.80. The molecule has 2 N–H and O–H groups in total. The molecule has 0 fully saturated rings. The molecule has 0 saturated heterocycles. The topological polar surface area (TPSA) is 63.1 Å². The number of fused-ring (bicyclic) bond motifs is 1. The van der Waals surface area contributed by atoms with Crippen molar-refractivity contribution in [1.29, 1.82) is 0 Å². The Kier molecular flexibility index (Phi) is 6.22. The highest BCUT2D eigenvalue weighted by Gasteiger charge is 2.23. The fraction of sp³-hybridized carbons (Fsp3) is 0.429. The lowest BCUT2D eigenvalue weighted by Crippen LogP contribution is -2.32. The third kappa shape index (κ3) is 3.58. The predicted molar refractivity (Wildman–Crippen MR) is 88.6 cm³/mol. The number of hydrogen-bond donors (Lipinski definition) is 2. The quantitative estimate of drug-likeness (QED) is 0.793. The molecule has 7 heteroatoms. The van der Waals surface area contributed by atoms with Crippen LogP contribution in [-0.4, -0.2) is 32.6 Å². The minimum Gasteiger partial charge on any atom is -0.347 e. The lowest BCUT2D eigenvalue weighted by Gasteiger charge is -2.07. The average Bonchev–Trinajstić information content (AvgIpc) is 2.68. The molecule has 0 aliphatic heterocycles. The van der Waals surface area contributed by atoms with Gasteiger partial charge in [-0.3, -0.25) is 0 Å². The maximum Gasteiger partial charge on any atom is 0.243 e. The van der Waals surface area contributed by atoms with Gasteiger partial charge >= 0.3 is 0 Å². The second-order valence-corrected chi connectivity index (χ2v) is 6.45. The molecular weight excluding hydrogens is 310 g/mol. The van der Waals surface area contributed by atoms with Crippen molar-refractivity contribution in [2.24, 2.45) is 7.05 Å². The standard InChI is InChI=1S/C14H21N3O2S.ClH/c1-4-15-9-10-16-20(18,19)14-11(2)17(3)13-8-6-5-7-12(13)14;/h5-8,15-16H,4,9-10H2,1-3H3;1H.